The van der Waals surface area contributed by atoms with E-state index in [1.54, 1.807) is 0 Å². The second-order valence-electron chi connectivity index (χ2n) is 7.23. The van der Waals surface area contributed by atoms with E-state index < -0.39 is 5.25 Å². The van der Waals surface area contributed by atoms with Gasteiger partial charge in [-0.1, -0.05) is 55.9 Å². The van der Waals surface area contributed by atoms with Gasteiger partial charge in [0.05, 0.1) is 12.6 Å². The fraction of sp³-hybridized carbons (Fsp3) is 0.348. The number of aromatic nitrogens is 3. The highest BCUT2D eigenvalue weighted by Gasteiger charge is 2.37. The van der Waals surface area contributed by atoms with Gasteiger partial charge in [-0.15, -0.1) is 10.2 Å². The second kappa shape index (κ2) is 9.43. The predicted molar refractivity (Wildman–Crippen MR) is 123 cm³/mol. The van der Waals surface area contributed by atoms with Gasteiger partial charge in [0.1, 0.15) is 11.0 Å². The molecule has 0 fully saturated rings. The van der Waals surface area contributed by atoms with Gasteiger partial charge in [0, 0.05) is 12.1 Å². The third-order valence-corrected chi connectivity index (χ3v) is 6.50. The average Bonchev–Trinajstić information content (AvgIpc) is 3.21. The molecule has 0 spiro atoms. The van der Waals surface area contributed by atoms with Crippen molar-refractivity contribution in [2.45, 2.75) is 50.1 Å². The molecule has 31 heavy (non-hydrogen) atoms. The second-order valence-corrected chi connectivity index (χ2v) is 8.34. The number of nitrogens with one attached hydrogen (secondary N) is 2. The van der Waals surface area contributed by atoms with Crippen molar-refractivity contribution in [3.8, 4) is 5.75 Å². The minimum Gasteiger partial charge on any atom is -0.494 e. The first kappa shape index (κ1) is 21.2. The maximum Gasteiger partial charge on any atom is 0.240 e. The maximum atomic E-state index is 13.4. The lowest BCUT2D eigenvalue weighted by molar-refractivity contribution is -0.116. The lowest BCUT2D eigenvalue weighted by Crippen LogP contribution is -2.41. The number of benzene rings is 2. The van der Waals surface area contributed by atoms with E-state index in [-0.39, 0.29) is 11.9 Å². The van der Waals surface area contributed by atoms with Crippen molar-refractivity contribution in [1.82, 2.24) is 14.9 Å². The Kier molecular flexibility index (Phi) is 6.46. The SMILES string of the molecule is CCOc1ccc([C@H]2Nn3c(CC)nnc3S[C@@H]2C(=O)Nc2ccccc2CC)cc1. The van der Waals surface area contributed by atoms with Gasteiger partial charge in [-0.2, -0.15) is 0 Å². The zero-order valence-corrected chi connectivity index (χ0v) is 18.8. The van der Waals surface area contributed by atoms with Crippen LogP contribution in [0.15, 0.2) is 53.7 Å². The van der Waals surface area contributed by atoms with Crippen LogP contribution in [0.4, 0.5) is 5.69 Å². The maximum absolute atomic E-state index is 13.4. The highest BCUT2D eigenvalue weighted by Crippen LogP contribution is 2.38. The van der Waals surface area contributed by atoms with E-state index in [2.05, 4.69) is 27.9 Å². The van der Waals surface area contributed by atoms with Crippen LogP contribution in [0.5, 0.6) is 5.75 Å². The molecule has 0 radical (unpaired) electrons. The number of hydrogen-bond acceptors (Lipinski definition) is 6. The van der Waals surface area contributed by atoms with Crippen molar-refractivity contribution in [2.24, 2.45) is 0 Å². The van der Waals surface area contributed by atoms with Crippen LogP contribution in [0.1, 0.15) is 43.8 Å². The minimum atomic E-state index is -0.413. The number of ether oxygens (including phenoxy) is 1. The van der Waals surface area contributed by atoms with Gasteiger partial charge in [0.2, 0.25) is 11.1 Å². The Balaban J connectivity index is 1.66. The first-order valence-electron chi connectivity index (χ1n) is 10.6. The van der Waals surface area contributed by atoms with Crippen LogP contribution >= 0.6 is 11.8 Å². The molecule has 2 heterocycles. The van der Waals surface area contributed by atoms with Crippen molar-refractivity contribution in [3.63, 3.8) is 0 Å². The van der Waals surface area contributed by atoms with Crippen LogP contribution in [-0.2, 0) is 17.6 Å². The summed E-state index contributed by atoms with van der Waals surface area (Å²) in [6.07, 6.45) is 1.60. The molecule has 0 unspecified atom stereocenters. The van der Waals surface area contributed by atoms with E-state index in [0.29, 0.717) is 11.8 Å². The molecule has 0 bridgehead atoms. The molecule has 0 aliphatic carbocycles. The molecule has 0 saturated carbocycles. The van der Waals surface area contributed by atoms with Gasteiger partial charge in [0.25, 0.3) is 0 Å². The third kappa shape index (κ3) is 4.39. The molecule has 1 aliphatic heterocycles. The molecular weight excluding hydrogens is 410 g/mol. The van der Waals surface area contributed by atoms with Crippen molar-refractivity contribution in [2.75, 3.05) is 17.3 Å². The zero-order valence-electron chi connectivity index (χ0n) is 18.0. The summed E-state index contributed by atoms with van der Waals surface area (Å²) in [6, 6.07) is 15.6. The van der Waals surface area contributed by atoms with Gasteiger partial charge in [-0.25, -0.2) is 4.68 Å². The molecule has 1 aromatic heterocycles. The number of carbonyl (C=O) groups excluding carboxylic acids is 1. The van der Waals surface area contributed by atoms with Gasteiger partial charge in [0.15, 0.2) is 5.82 Å². The molecule has 2 aromatic carbocycles. The highest BCUT2D eigenvalue weighted by atomic mass is 32.2. The van der Waals surface area contributed by atoms with Crippen molar-refractivity contribution < 1.29 is 9.53 Å². The van der Waals surface area contributed by atoms with E-state index in [9.17, 15) is 4.79 Å². The molecule has 2 N–H and O–H groups in total. The molecular formula is C23H27N5O2S. The summed E-state index contributed by atoms with van der Waals surface area (Å²) in [5.74, 6) is 1.59. The highest BCUT2D eigenvalue weighted by molar-refractivity contribution is 8.00. The fourth-order valence-electron chi connectivity index (χ4n) is 3.67. The van der Waals surface area contributed by atoms with Crippen LogP contribution in [0.25, 0.3) is 0 Å². The van der Waals surface area contributed by atoms with Gasteiger partial charge < -0.3 is 15.5 Å². The van der Waals surface area contributed by atoms with E-state index in [4.69, 9.17) is 4.74 Å². The van der Waals surface area contributed by atoms with E-state index in [1.165, 1.54) is 11.8 Å². The number of para-hydroxylation sites is 1. The molecule has 1 aliphatic rings. The Labute approximate surface area is 186 Å². The predicted octanol–water partition coefficient (Wildman–Crippen LogP) is 4.20. The summed E-state index contributed by atoms with van der Waals surface area (Å²) in [7, 11) is 0. The quantitative estimate of drug-likeness (QED) is 0.577. The van der Waals surface area contributed by atoms with Gasteiger partial charge >= 0.3 is 0 Å². The number of carbonyl (C=O) groups is 1. The fourth-order valence-corrected chi connectivity index (χ4v) is 4.77. The van der Waals surface area contributed by atoms with Crippen molar-refractivity contribution in [1.29, 1.82) is 0 Å². The monoisotopic (exact) mass is 437 g/mol. The van der Waals surface area contributed by atoms with Crippen LogP contribution in [-0.4, -0.2) is 32.6 Å². The first-order valence-corrected chi connectivity index (χ1v) is 11.5. The first-order chi connectivity index (χ1) is 15.1. The van der Waals surface area contributed by atoms with Gasteiger partial charge in [-0.3, -0.25) is 4.79 Å². The number of aryl methyl sites for hydroxylation is 2. The molecule has 1 amide bonds. The molecule has 7 nitrogen and oxygen atoms in total. The Hall–Kier alpha value is -3.00. The Morgan fingerprint density at radius 1 is 1.10 bits per heavy atom. The molecule has 162 valence electrons. The largest absolute Gasteiger partial charge is 0.494 e. The number of rotatable bonds is 7. The summed E-state index contributed by atoms with van der Waals surface area (Å²) in [5, 5.41) is 12.0. The number of anilines is 1. The van der Waals surface area contributed by atoms with E-state index in [0.717, 1.165) is 41.2 Å². The molecule has 8 heteroatoms. The average molecular weight is 438 g/mol. The summed E-state index contributed by atoms with van der Waals surface area (Å²) < 4.78 is 7.48. The molecule has 2 atom stereocenters. The lowest BCUT2D eigenvalue weighted by Gasteiger charge is -2.33. The van der Waals surface area contributed by atoms with E-state index in [1.807, 2.05) is 67.1 Å². The van der Waals surface area contributed by atoms with Crippen molar-refractivity contribution >= 4 is 23.4 Å². The Morgan fingerprint density at radius 3 is 2.58 bits per heavy atom. The van der Waals surface area contributed by atoms with Gasteiger partial charge in [-0.05, 0) is 42.7 Å². The Morgan fingerprint density at radius 2 is 1.87 bits per heavy atom. The third-order valence-electron chi connectivity index (χ3n) is 5.28. The Bertz CT molecular complexity index is 1050. The normalized spacial score (nSPS) is 17.5. The number of hydrogen-bond donors (Lipinski definition) is 2. The number of thioether (sulfide) groups is 1. The van der Waals surface area contributed by atoms with Crippen molar-refractivity contribution in [3.05, 3.63) is 65.5 Å². The standard InChI is InChI=1S/C23H27N5O2S/c1-4-15-9-7-8-10-18(15)24-22(29)21-20(16-11-13-17(14-12-16)30-6-3)27-28-19(5-2)25-26-23(28)31-21/h7-14,20-21,27H,4-6H2,1-3H3,(H,24,29)/t20-,21+/m1/s1. The summed E-state index contributed by atoms with van der Waals surface area (Å²) >= 11 is 1.43. The van der Waals surface area contributed by atoms with Crippen LogP contribution in [0.2, 0.25) is 0 Å². The molecule has 0 saturated heterocycles. The number of amides is 1. The molecule has 4 rings (SSSR count). The summed E-state index contributed by atoms with van der Waals surface area (Å²) in [5.41, 5.74) is 6.44. The molecule has 3 aromatic rings. The van der Waals surface area contributed by atoms with Crippen LogP contribution in [0, 0.1) is 0 Å². The topological polar surface area (TPSA) is 81.1 Å². The smallest absolute Gasteiger partial charge is 0.240 e. The zero-order chi connectivity index (χ0) is 21.8. The summed E-state index contributed by atoms with van der Waals surface area (Å²) in [6.45, 7) is 6.69. The minimum absolute atomic E-state index is 0.0652. The van der Waals surface area contributed by atoms with Crippen LogP contribution in [0.3, 0.4) is 0 Å². The lowest BCUT2D eigenvalue weighted by atomic mass is 10.0. The van der Waals surface area contributed by atoms with E-state index >= 15 is 0 Å². The number of fused-ring (bicyclic) bond motifs is 1. The number of nitrogens with zero attached hydrogens (tertiary/aromatic N) is 3. The van der Waals surface area contributed by atoms with Crippen LogP contribution < -0.4 is 15.5 Å². The summed E-state index contributed by atoms with van der Waals surface area (Å²) in [4.78, 5) is 13.4.